The van der Waals surface area contributed by atoms with Crippen molar-refractivity contribution < 1.29 is 19.1 Å². The SMILES string of the molecule is COc1cc(C=CC(=O)Nc2ccc(C(N)=O)cc2)ccc1OCCC(C)C. The van der Waals surface area contributed by atoms with Gasteiger partial charge in [-0.1, -0.05) is 19.9 Å². The van der Waals surface area contributed by atoms with E-state index in [0.717, 1.165) is 12.0 Å². The number of amides is 2. The van der Waals surface area contributed by atoms with E-state index in [4.69, 9.17) is 15.2 Å². The van der Waals surface area contributed by atoms with Gasteiger partial charge >= 0.3 is 0 Å². The van der Waals surface area contributed by atoms with E-state index in [-0.39, 0.29) is 5.91 Å². The maximum Gasteiger partial charge on any atom is 0.248 e. The van der Waals surface area contributed by atoms with Gasteiger partial charge in [0.15, 0.2) is 11.5 Å². The monoisotopic (exact) mass is 382 g/mol. The van der Waals surface area contributed by atoms with Gasteiger partial charge in [0.2, 0.25) is 11.8 Å². The van der Waals surface area contributed by atoms with Gasteiger partial charge in [0.25, 0.3) is 0 Å². The molecule has 0 atom stereocenters. The van der Waals surface area contributed by atoms with Crippen LogP contribution in [-0.4, -0.2) is 25.5 Å². The zero-order valence-corrected chi connectivity index (χ0v) is 16.4. The highest BCUT2D eigenvalue weighted by molar-refractivity contribution is 6.02. The molecule has 6 heteroatoms. The number of primary amides is 1. The Labute approximate surface area is 165 Å². The van der Waals surface area contributed by atoms with Crippen molar-refractivity contribution in [2.75, 3.05) is 19.0 Å². The molecule has 0 heterocycles. The van der Waals surface area contributed by atoms with Gasteiger partial charge in [-0.2, -0.15) is 0 Å². The first-order valence-electron chi connectivity index (χ1n) is 9.09. The molecule has 0 aromatic heterocycles. The first-order chi connectivity index (χ1) is 13.4. The third kappa shape index (κ3) is 6.46. The van der Waals surface area contributed by atoms with E-state index < -0.39 is 5.91 Å². The van der Waals surface area contributed by atoms with Crippen LogP contribution < -0.4 is 20.5 Å². The molecule has 0 spiro atoms. The van der Waals surface area contributed by atoms with E-state index in [0.29, 0.717) is 35.3 Å². The second-order valence-corrected chi connectivity index (χ2v) is 6.71. The largest absolute Gasteiger partial charge is 0.493 e. The summed E-state index contributed by atoms with van der Waals surface area (Å²) in [6, 6.07) is 11.9. The summed E-state index contributed by atoms with van der Waals surface area (Å²) in [6.45, 7) is 4.91. The highest BCUT2D eigenvalue weighted by Crippen LogP contribution is 2.29. The van der Waals surface area contributed by atoms with Gasteiger partial charge in [0.05, 0.1) is 13.7 Å². The number of carbonyl (C=O) groups excluding carboxylic acids is 2. The average molecular weight is 382 g/mol. The number of ether oxygens (including phenoxy) is 2. The molecular weight excluding hydrogens is 356 g/mol. The van der Waals surface area contributed by atoms with E-state index in [1.54, 1.807) is 37.5 Å². The molecule has 28 heavy (non-hydrogen) atoms. The molecule has 3 N–H and O–H groups in total. The van der Waals surface area contributed by atoms with Crippen LogP contribution in [0.1, 0.15) is 36.2 Å². The minimum Gasteiger partial charge on any atom is -0.493 e. The van der Waals surface area contributed by atoms with E-state index >= 15 is 0 Å². The summed E-state index contributed by atoms with van der Waals surface area (Å²) in [5, 5.41) is 2.72. The van der Waals surface area contributed by atoms with Crippen LogP contribution in [0.3, 0.4) is 0 Å². The van der Waals surface area contributed by atoms with Gasteiger partial charge < -0.3 is 20.5 Å². The molecule has 0 unspecified atom stereocenters. The van der Waals surface area contributed by atoms with E-state index in [1.807, 2.05) is 18.2 Å². The summed E-state index contributed by atoms with van der Waals surface area (Å²) < 4.78 is 11.1. The average Bonchev–Trinajstić information content (AvgIpc) is 2.67. The molecule has 0 fully saturated rings. The van der Waals surface area contributed by atoms with Crippen LogP contribution >= 0.6 is 0 Å². The number of benzene rings is 2. The summed E-state index contributed by atoms with van der Waals surface area (Å²) in [5.74, 6) is 1.07. The van der Waals surface area contributed by atoms with Gasteiger partial charge in [-0.3, -0.25) is 9.59 Å². The Bertz CT molecular complexity index is 842. The van der Waals surface area contributed by atoms with Crippen LogP contribution in [0.2, 0.25) is 0 Å². The molecule has 0 saturated carbocycles. The lowest BCUT2D eigenvalue weighted by Crippen LogP contribution is -2.11. The zero-order valence-electron chi connectivity index (χ0n) is 16.4. The van der Waals surface area contributed by atoms with Crippen LogP contribution in [0, 0.1) is 5.92 Å². The van der Waals surface area contributed by atoms with Crippen LogP contribution in [0.25, 0.3) is 6.08 Å². The fraction of sp³-hybridized carbons (Fsp3) is 0.273. The van der Waals surface area contributed by atoms with Crippen LogP contribution in [0.5, 0.6) is 11.5 Å². The van der Waals surface area contributed by atoms with Crippen molar-refractivity contribution in [1.82, 2.24) is 0 Å². The van der Waals surface area contributed by atoms with Crippen molar-refractivity contribution in [3.8, 4) is 11.5 Å². The van der Waals surface area contributed by atoms with Crippen molar-refractivity contribution in [2.24, 2.45) is 11.7 Å². The molecule has 2 amide bonds. The maximum atomic E-state index is 12.1. The second-order valence-electron chi connectivity index (χ2n) is 6.71. The van der Waals surface area contributed by atoms with Gasteiger partial charge in [0, 0.05) is 17.3 Å². The fourth-order valence-corrected chi connectivity index (χ4v) is 2.39. The minimum absolute atomic E-state index is 0.289. The van der Waals surface area contributed by atoms with Crippen molar-refractivity contribution in [2.45, 2.75) is 20.3 Å². The first-order valence-corrected chi connectivity index (χ1v) is 9.09. The molecule has 2 aromatic carbocycles. The van der Waals surface area contributed by atoms with Gasteiger partial charge in [-0.15, -0.1) is 0 Å². The molecule has 0 bridgehead atoms. The third-order valence-electron chi connectivity index (χ3n) is 4.00. The number of nitrogens with two attached hydrogens (primary N) is 1. The fourth-order valence-electron chi connectivity index (χ4n) is 2.39. The van der Waals surface area contributed by atoms with Crippen molar-refractivity contribution >= 4 is 23.6 Å². The van der Waals surface area contributed by atoms with Gasteiger partial charge in [-0.25, -0.2) is 0 Å². The van der Waals surface area contributed by atoms with Crippen molar-refractivity contribution in [3.05, 3.63) is 59.7 Å². The third-order valence-corrected chi connectivity index (χ3v) is 4.00. The highest BCUT2D eigenvalue weighted by atomic mass is 16.5. The summed E-state index contributed by atoms with van der Waals surface area (Å²) in [6.07, 6.45) is 4.08. The summed E-state index contributed by atoms with van der Waals surface area (Å²) in [4.78, 5) is 23.1. The number of hydrogen-bond donors (Lipinski definition) is 2. The summed E-state index contributed by atoms with van der Waals surface area (Å²) >= 11 is 0. The Morgan fingerprint density at radius 2 is 1.82 bits per heavy atom. The number of rotatable bonds is 9. The van der Waals surface area contributed by atoms with Crippen LogP contribution in [-0.2, 0) is 4.79 Å². The quantitative estimate of drug-likeness (QED) is 0.644. The number of methoxy groups -OCH3 is 1. The molecule has 0 aliphatic carbocycles. The second kappa shape index (κ2) is 10.2. The number of carbonyl (C=O) groups is 2. The molecule has 0 aliphatic rings. The Morgan fingerprint density at radius 3 is 2.43 bits per heavy atom. The van der Waals surface area contributed by atoms with Crippen LogP contribution in [0.15, 0.2) is 48.5 Å². The molecule has 2 aromatic rings. The molecular formula is C22H26N2O4. The molecule has 0 saturated heterocycles. The van der Waals surface area contributed by atoms with Crippen molar-refractivity contribution in [3.63, 3.8) is 0 Å². The summed E-state index contributed by atoms with van der Waals surface area (Å²) in [7, 11) is 1.58. The Kier molecular flexibility index (Phi) is 7.63. The Hall–Kier alpha value is -3.28. The Balaban J connectivity index is 1.98. The minimum atomic E-state index is -0.511. The number of anilines is 1. The topological polar surface area (TPSA) is 90.6 Å². The predicted octanol–water partition coefficient (Wildman–Crippen LogP) is 3.87. The van der Waals surface area contributed by atoms with E-state index in [2.05, 4.69) is 19.2 Å². The van der Waals surface area contributed by atoms with Crippen molar-refractivity contribution in [1.29, 1.82) is 0 Å². The first kappa shape index (κ1) is 21.0. The molecule has 0 radical (unpaired) electrons. The van der Waals surface area contributed by atoms with E-state index in [1.165, 1.54) is 6.08 Å². The molecule has 0 aliphatic heterocycles. The zero-order chi connectivity index (χ0) is 20.5. The standard InChI is InChI=1S/C22H26N2O4/c1-15(2)12-13-28-19-10-4-16(14-20(19)27-3)5-11-21(25)24-18-8-6-17(7-9-18)22(23)26/h4-11,14-15H,12-13H2,1-3H3,(H2,23,26)(H,24,25). The molecule has 2 rings (SSSR count). The summed E-state index contributed by atoms with van der Waals surface area (Å²) in [5.41, 5.74) is 6.97. The smallest absolute Gasteiger partial charge is 0.248 e. The lowest BCUT2D eigenvalue weighted by molar-refractivity contribution is -0.111. The lowest BCUT2D eigenvalue weighted by Gasteiger charge is -2.12. The lowest BCUT2D eigenvalue weighted by atomic mass is 10.1. The Morgan fingerprint density at radius 1 is 1.11 bits per heavy atom. The van der Waals surface area contributed by atoms with E-state index in [9.17, 15) is 9.59 Å². The molecule has 6 nitrogen and oxygen atoms in total. The predicted molar refractivity (Wildman–Crippen MR) is 111 cm³/mol. The number of hydrogen-bond acceptors (Lipinski definition) is 4. The molecule has 148 valence electrons. The number of nitrogens with one attached hydrogen (secondary N) is 1. The van der Waals surface area contributed by atoms with Gasteiger partial charge in [0.1, 0.15) is 0 Å². The van der Waals surface area contributed by atoms with Gasteiger partial charge in [-0.05, 0) is 60.4 Å². The highest BCUT2D eigenvalue weighted by Gasteiger charge is 2.06. The maximum absolute atomic E-state index is 12.1. The van der Waals surface area contributed by atoms with Crippen LogP contribution in [0.4, 0.5) is 5.69 Å². The normalized spacial score (nSPS) is 10.9.